The van der Waals surface area contributed by atoms with E-state index in [-0.39, 0.29) is 12.1 Å². The van der Waals surface area contributed by atoms with Crippen LogP contribution in [-0.2, 0) is 0 Å². The van der Waals surface area contributed by atoms with Gasteiger partial charge in [0.25, 0.3) is 0 Å². The molecule has 1 aromatic heterocycles. The number of hydrogen-bond acceptors (Lipinski definition) is 3. The first-order valence-electron chi connectivity index (χ1n) is 6.75. The molecule has 1 atom stereocenters. The van der Waals surface area contributed by atoms with Crippen LogP contribution >= 0.6 is 0 Å². The van der Waals surface area contributed by atoms with Crippen molar-refractivity contribution in [2.24, 2.45) is 4.99 Å². The molecule has 102 valence electrons. The molecule has 2 aromatic rings. The fraction of sp³-hybridized carbons (Fsp3) is 0.267. The molecule has 1 saturated heterocycles. The molecule has 1 unspecified atom stereocenters. The highest BCUT2D eigenvalue weighted by Gasteiger charge is 2.30. The highest BCUT2D eigenvalue weighted by atomic mass is 16.2. The predicted octanol–water partition coefficient (Wildman–Crippen LogP) is 2.40. The number of nitrogens with one attached hydrogen (secondary N) is 2. The Morgan fingerprint density at radius 1 is 1.30 bits per heavy atom. The zero-order valence-electron chi connectivity index (χ0n) is 11.3. The molecule has 1 aliphatic heterocycles. The molecule has 0 bridgehead atoms. The zero-order valence-corrected chi connectivity index (χ0v) is 11.3. The van der Waals surface area contributed by atoms with Crippen LogP contribution in [0.4, 0.5) is 4.79 Å². The number of aliphatic imine (C=N–C) groups is 1. The van der Waals surface area contributed by atoms with Crippen molar-refractivity contribution in [3.05, 3.63) is 42.1 Å². The third-order valence-electron chi connectivity index (χ3n) is 3.27. The number of fused-ring (bicyclic) bond motifs is 1. The minimum absolute atomic E-state index is 0.210. The van der Waals surface area contributed by atoms with Crippen LogP contribution in [0.5, 0.6) is 0 Å². The summed E-state index contributed by atoms with van der Waals surface area (Å²) >= 11 is 0. The molecule has 3 rings (SSSR count). The summed E-state index contributed by atoms with van der Waals surface area (Å²) < 4.78 is 0. The van der Waals surface area contributed by atoms with Gasteiger partial charge in [-0.3, -0.25) is 15.3 Å². The SMILES string of the molecule is CCCN=C1NC(=O)NC1c1cccc2cccnc12. The molecule has 2 N–H and O–H groups in total. The first-order valence-corrected chi connectivity index (χ1v) is 6.75. The second-order valence-electron chi connectivity index (χ2n) is 4.72. The topological polar surface area (TPSA) is 66.4 Å². The summed E-state index contributed by atoms with van der Waals surface area (Å²) in [4.78, 5) is 20.5. The van der Waals surface area contributed by atoms with Crippen molar-refractivity contribution in [1.82, 2.24) is 15.6 Å². The Kier molecular flexibility index (Phi) is 3.33. The molecule has 20 heavy (non-hydrogen) atoms. The predicted molar refractivity (Wildman–Crippen MR) is 78.7 cm³/mol. The molecule has 2 amide bonds. The minimum Gasteiger partial charge on any atom is -0.324 e. The van der Waals surface area contributed by atoms with Crippen LogP contribution in [0.1, 0.15) is 24.9 Å². The van der Waals surface area contributed by atoms with E-state index in [2.05, 4.69) is 27.5 Å². The van der Waals surface area contributed by atoms with E-state index in [0.717, 1.165) is 22.9 Å². The molecule has 0 saturated carbocycles. The summed E-state index contributed by atoms with van der Waals surface area (Å²) in [7, 11) is 0. The Morgan fingerprint density at radius 2 is 2.15 bits per heavy atom. The lowest BCUT2D eigenvalue weighted by molar-refractivity contribution is 0.248. The number of carbonyl (C=O) groups is 1. The number of para-hydroxylation sites is 1. The lowest BCUT2D eigenvalue weighted by Crippen LogP contribution is -2.22. The molecule has 5 nitrogen and oxygen atoms in total. The monoisotopic (exact) mass is 268 g/mol. The van der Waals surface area contributed by atoms with E-state index in [9.17, 15) is 4.79 Å². The molecule has 1 aromatic carbocycles. The highest BCUT2D eigenvalue weighted by Crippen LogP contribution is 2.25. The van der Waals surface area contributed by atoms with Gasteiger partial charge in [-0.05, 0) is 12.5 Å². The van der Waals surface area contributed by atoms with Crippen molar-refractivity contribution >= 4 is 22.8 Å². The van der Waals surface area contributed by atoms with Gasteiger partial charge in [0.2, 0.25) is 0 Å². The second-order valence-corrected chi connectivity index (χ2v) is 4.72. The van der Waals surface area contributed by atoms with Gasteiger partial charge < -0.3 is 5.32 Å². The van der Waals surface area contributed by atoms with Crippen molar-refractivity contribution in [1.29, 1.82) is 0 Å². The van der Waals surface area contributed by atoms with Crippen molar-refractivity contribution in [2.45, 2.75) is 19.4 Å². The fourth-order valence-corrected chi connectivity index (χ4v) is 2.37. The van der Waals surface area contributed by atoms with E-state index in [1.807, 2.05) is 30.3 Å². The van der Waals surface area contributed by atoms with Crippen LogP contribution in [0.15, 0.2) is 41.5 Å². The standard InChI is InChI=1S/C15H16N4O/c1-2-8-17-14-13(18-15(20)19-14)11-7-3-5-10-6-4-9-16-12(10)11/h3-7,9,13H,2,8H2,1H3,(H2,17,18,19,20). The van der Waals surface area contributed by atoms with Gasteiger partial charge >= 0.3 is 6.03 Å². The number of carbonyl (C=O) groups excluding carboxylic acids is 1. The first kappa shape index (κ1) is 12.6. The van der Waals surface area contributed by atoms with E-state index in [0.29, 0.717) is 12.4 Å². The highest BCUT2D eigenvalue weighted by molar-refractivity contribution is 6.08. The Morgan fingerprint density at radius 3 is 3.00 bits per heavy atom. The number of pyridine rings is 1. The number of benzene rings is 1. The van der Waals surface area contributed by atoms with Gasteiger partial charge in [0, 0.05) is 23.7 Å². The average molecular weight is 268 g/mol. The van der Waals surface area contributed by atoms with E-state index >= 15 is 0 Å². The number of amidine groups is 1. The Bertz CT molecular complexity index is 675. The number of amides is 2. The largest absolute Gasteiger partial charge is 0.324 e. The van der Waals surface area contributed by atoms with Gasteiger partial charge in [0.15, 0.2) is 0 Å². The van der Waals surface area contributed by atoms with Crippen LogP contribution in [0.2, 0.25) is 0 Å². The summed E-state index contributed by atoms with van der Waals surface area (Å²) in [5.74, 6) is 0.676. The Labute approximate surface area is 117 Å². The minimum atomic E-state index is -0.243. The van der Waals surface area contributed by atoms with Crippen molar-refractivity contribution in [2.75, 3.05) is 6.54 Å². The van der Waals surface area contributed by atoms with Crippen LogP contribution in [0.25, 0.3) is 10.9 Å². The van der Waals surface area contributed by atoms with Gasteiger partial charge in [-0.15, -0.1) is 0 Å². The molecule has 1 fully saturated rings. The summed E-state index contributed by atoms with van der Waals surface area (Å²) in [6.07, 6.45) is 2.71. The molecule has 0 spiro atoms. The molecular weight excluding hydrogens is 252 g/mol. The zero-order chi connectivity index (χ0) is 13.9. The normalized spacial score (nSPS) is 20.1. The Balaban J connectivity index is 2.07. The summed E-state index contributed by atoms with van der Waals surface area (Å²) in [5.41, 5.74) is 1.87. The number of nitrogens with zero attached hydrogens (tertiary/aromatic N) is 2. The maximum absolute atomic E-state index is 11.6. The molecule has 2 heterocycles. The van der Waals surface area contributed by atoms with E-state index in [1.54, 1.807) is 6.20 Å². The van der Waals surface area contributed by atoms with Crippen molar-refractivity contribution < 1.29 is 4.79 Å². The third kappa shape index (κ3) is 2.22. The number of hydrogen-bond donors (Lipinski definition) is 2. The average Bonchev–Trinajstić information content (AvgIpc) is 2.85. The summed E-state index contributed by atoms with van der Waals surface area (Å²) in [6, 6.07) is 9.43. The molecule has 0 radical (unpaired) electrons. The molecular formula is C15H16N4O. The lowest BCUT2D eigenvalue weighted by atomic mass is 10.0. The van der Waals surface area contributed by atoms with Crippen LogP contribution < -0.4 is 10.6 Å². The van der Waals surface area contributed by atoms with Crippen molar-refractivity contribution in [3.63, 3.8) is 0 Å². The number of rotatable bonds is 3. The number of urea groups is 1. The first-order chi connectivity index (χ1) is 9.79. The van der Waals surface area contributed by atoms with Crippen molar-refractivity contribution in [3.8, 4) is 0 Å². The van der Waals surface area contributed by atoms with Gasteiger partial charge in [0.05, 0.1) is 5.52 Å². The smallest absolute Gasteiger partial charge is 0.321 e. The third-order valence-corrected chi connectivity index (χ3v) is 3.27. The van der Waals surface area contributed by atoms with Gasteiger partial charge in [-0.1, -0.05) is 31.2 Å². The molecule has 1 aliphatic rings. The van der Waals surface area contributed by atoms with Gasteiger partial charge in [0.1, 0.15) is 11.9 Å². The quantitative estimate of drug-likeness (QED) is 0.897. The van der Waals surface area contributed by atoms with E-state index < -0.39 is 0 Å². The van der Waals surface area contributed by atoms with Gasteiger partial charge in [-0.25, -0.2) is 4.79 Å². The fourth-order valence-electron chi connectivity index (χ4n) is 2.37. The maximum atomic E-state index is 11.6. The summed E-state index contributed by atoms with van der Waals surface area (Å²) in [6.45, 7) is 2.76. The lowest BCUT2D eigenvalue weighted by Gasteiger charge is -2.12. The molecule has 5 heteroatoms. The second kappa shape index (κ2) is 5.28. The van der Waals surface area contributed by atoms with E-state index in [4.69, 9.17) is 0 Å². The van der Waals surface area contributed by atoms with E-state index in [1.165, 1.54) is 0 Å². The van der Waals surface area contributed by atoms with Crippen LogP contribution in [-0.4, -0.2) is 23.4 Å². The summed E-state index contributed by atoms with van der Waals surface area (Å²) in [5, 5.41) is 6.73. The Hall–Kier alpha value is -2.43. The van der Waals surface area contributed by atoms with Crippen LogP contribution in [0.3, 0.4) is 0 Å². The van der Waals surface area contributed by atoms with Gasteiger partial charge in [-0.2, -0.15) is 0 Å². The maximum Gasteiger partial charge on any atom is 0.321 e. The molecule has 0 aliphatic carbocycles. The number of aromatic nitrogens is 1. The van der Waals surface area contributed by atoms with Crippen LogP contribution in [0, 0.1) is 0 Å².